The number of rotatable bonds is 5. The second-order valence-corrected chi connectivity index (χ2v) is 5.60. The van der Waals surface area contributed by atoms with E-state index in [1.807, 2.05) is 13.8 Å². The van der Waals surface area contributed by atoms with E-state index in [4.69, 9.17) is 10.8 Å². The number of carbonyl (C=O) groups excluding carboxylic acids is 1. The Balaban J connectivity index is 2.31. The van der Waals surface area contributed by atoms with Gasteiger partial charge < -0.3 is 16.2 Å². The average Bonchev–Trinajstić information content (AvgIpc) is 2.25. The van der Waals surface area contributed by atoms with E-state index in [1.165, 1.54) is 11.8 Å². The molecule has 0 heterocycles. The first-order chi connectivity index (χ1) is 7.87. The van der Waals surface area contributed by atoms with Gasteiger partial charge in [0.05, 0.1) is 5.75 Å². The largest absolute Gasteiger partial charge is 0.508 e. The molecule has 1 amide bonds. The zero-order valence-corrected chi connectivity index (χ0v) is 10.9. The molecule has 4 N–H and O–H groups in total. The van der Waals surface area contributed by atoms with Crippen LogP contribution in [-0.2, 0) is 4.79 Å². The van der Waals surface area contributed by atoms with Gasteiger partial charge in [0.1, 0.15) is 5.75 Å². The number of nitrogens with two attached hydrogens (primary N) is 1. The van der Waals surface area contributed by atoms with Crippen molar-refractivity contribution in [2.45, 2.75) is 24.3 Å². The SMILES string of the molecule is CC(C)(N)CNC(=O)CSc1ccc(O)cc1. The number of amides is 1. The second kappa shape index (κ2) is 5.93. The van der Waals surface area contributed by atoms with Crippen LogP contribution in [0.15, 0.2) is 29.2 Å². The highest BCUT2D eigenvalue weighted by atomic mass is 32.2. The fourth-order valence-corrected chi connectivity index (χ4v) is 1.80. The molecule has 0 aliphatic carbocycles. The van der Waals surface area contributed by atoms with E-state index in [-0.39, 0.29) is 11.7 Å². The van der Waals surface area contributed by atoms with E-state index in [0.717, 1.165) is 4.90 Å². The molecule has 0 aromatic heterocycles. The van der Waals surface area contributed by atoms with Crippen LogP contribution < -0.4 is 11.1 Å². The summed E-state index contributed by atoms with van der Waals surface area (Å²) in [6.07, 6.45) is 0. The van der Waals surface area contributed by atoms with Crippen molar-refractivity contribution in [1.82, 2.24) is 5.32 Å². The maximum atomic E-state index is 11.5. The van der Waals surface area contributed by atoms with Crippen molar-refractivity contribution in [2.24, 2.45) is 5.73 Å². The van der Waals surface area contributed by atoms with E-state index >= 15 is 0 Å². The quantitative estimate of drug-likeness (QED) is 0.693. The second-order valence-electron chi connectivity index (χ2n) is 4.55. The number of nitrogens with one attached hydrogen (secondary N) is 1. The van der Waals surface area contributed by atoms with Gasteiger partial charge in [0, 0.05) is 17.0 Å². The number of hydrogen-bond donors (Lipinski definition) is 3. The van der Waals surface area contributed by atoms with E-state index in [9.17, 15) is 4.79 Å². The van der Waals surface area contributed by atoms with Crippen molar-refractivity contribution in [3.05, 3.63) is 24.3 Å². The molecule has 0 saturated carbocycles. The van der Waals surface area contributed by atoms with E-state index in [0.29, 0.717) is 12.3 Å². The lowest BCUT2D eigenvalue weighted by Crippen LogP contribution is -2.45. The van der Waals surface area contributed by atoms with Crippen molar-refractivity contribution >= 4 is 17.7 Å². The normalized spacial score (nSPS) is 11.2. The summed E-state index contributed by atoms with van der Waals surface area (Å²) in [6.45, 7) is 4.18. The molecular formula is C12H18N2O2S. The van der Waals surface area contributed by atoms with Crippen LogP contribution in [-0.4, -0.2) is 28.9 Å². The number of thioether (sulfide) groups is 1. The van der Waals surface area contributed by atoms with Crippen molar-refractivity contribution in [1.29, 1.82) is 0 Å². The lowest BCUT2D eigenvalue weighted by atomic mass is 10.1. The molecule has 5 heteroatoms. The Kier molecular flexibility index (Phi) is 4.84. The molecule has 17 heavy (non-hydrogen) atoms. The van der Waals surface area contributed by atoms with Crippen molar-refractivity contribution in [3.8, 4) is 5.75 Å². The molecule has 0 unspecified atom stereocenters. The molecule has 0 saturated heterocycles. The molecule has 4 nitrogen and oxygen atoms in total. The molecule has 0 aliphatic rings. The third-order valence-electron chi connectivity index (χ3n) is 1.95. The number of phenols is 1. The molecule has 1 aromatic carbocycles. The minimum absolute atomic E-state index is 0.0402. The van der Waals surface area contributed by atoms with Crippen molar-refractivity contribution in [3.63, 3.8) is 0 Å². The monoisotopic (exact) mass is 254 g/mol. The first kappa shape index (κ1) is 13.9. The Hall–Kier alpha value is -1.20. The van der Waals surface area contributed by atoms with Gasteiger partial charge in [-0.15, -0.1) is 11.8 Å². The van der Waals surface area contributed by atoms with Gasteiger partial charge in [-0.05, 0) is 38.1 Å². The minimum atomic E-state index is -0.390. The molecule has 0 aliphatic heterocycles. The van der Waals surface area contributed by atoms with Crippen molar-refractivity contribution < 1.29 is 9.90 Å². The van der Waals surface area contributed by atoms with Crippen LogP contribution >= 0.6 is 11.8 Å². The van der Waals surface area contributed by atoms with E-state index in [1.54, 1.807) is 24.3 Å². The summed E-state index contributed by atoms with van der Waals surface area (Å²) >= 11 is 1.42. The summed E-state index contributed by atoms with van der Waals surface area (Å²) in [5.41, 5.74) is 5.37. The third kappa shape index (κ3) is 6.19. The van der Waals surface area contributed by atoms with Crippen LogP contribution in [0.5, 0.6) is 5.75 Å². The Labute approximate surface area is 106 Å². The zero-order chi connectivity index (χ0) is 12.9. The predicted octanol–water partition coefficient (Wildman–Crippen LogP) is 1.34. The smallest absolute Gasteiger partial charge is 0.230 e. The van der Waals surface area contributed by atoms with Crippen LogP contribution in [0.2, 0.25) is 0 Å². The molecule has 1 rings (SSSR count). The molecule has 0 fully saturated rings. The molecule has 1 aromatic rings. The fraction of sp³-hybridized carbons (Fsp3) is 0.417. The molecule has 0 atom stereocenters. The lowest BCUT2D eigenvalue weighted by molar-refractivity contribution is -0.118. The van der Waals surface area contributed by atoms with Crippen molar-refractivity contribution in [2.75, 3.05) is 12.3 Å². The van der Waals surface area contributed by atoms with E-state index in [2.05, 4.69) is 5.32 Å². The van der Waals surface area contributed by atoms with Gasteiger partial charge in [-0.3, -0.25) is 4.79 Å². The van der Waals surface area contributed by atoms with Gasteiger partial charge in [0.15, 0.2) is 0 Å². The Morgan fingerprint density at radius 2 is 2.00 bits per heavy atom. The molecule has 94 valence electrons. The Morgan fingerprint density at radius 3 is 2.53 bits per heavy atom. The van der Waals surface area contributed by atoms with Crippen LogP contribution in [0.1, 0.15) is 13.8 Å². The van der Waals surface area contributed by atoms with Crippen LogP contribution in [0.4, 0.5) is 0 Å². The fourth-order valence-electron chi connectivity index (χ4n) is 1.07. The molecule has 0 radical (unpaired) electrons. The van der Waals surface area contributed by atoms with Gasteiger partial charge in [-0.25, -0.2) is 0 Å². The van der Waals surface area contributed by atoms with Gasteiger partial charge in [0.25, 0.3) is 0 Å². The zero-order valence-electron chi connectivity index (χ0n) is 10.1. The van der Waals surface area contributed by atoms with E-state index < -0.39 is 5.54 Å². The average molecular weight is 254 g/mol. The highest BCUT2D eigenvalue weighted by molar-refractivity contribution is 8.00. The molecule has 0 bridgehead atoms. The van der Waals surface area contributed by atoms with Gasteiger partial charge in [-0.1, -0.05) is 0 Å². The summed E-state index contributed by atoms with van der Waals surface area (Å²) in [5, 5.41) is 11.9. The Bertz CT molecular complexity index is 371. The Morgan fingerprint density at radius 1 is 1.41 bits per heavy atom. The summed E-state index contributed by atoms with van der Waals surface area (Å²) in [7, 11) is 0. The first-order valence-electron chi connectivity index (χ1n) is 5.34. The van der Waals surface area contributed by atoms with Gasteiger partial charge in [0.2, 0.25) is 5.91 Å². The maximum absolute atomic E-state index is 11.5. The van der Waals surface area contributed by atoms with Crippen LogP contribution in [0.3, 0.4) is 0 Å². The first-order valence-corrected chi connectivity index (χ1v) is 6.33. The topological polar surface area (TPSA) is 75.3 Å². The highest BCUT2D eigenvalue weighted by Gasteiger charge is 2.12. The van der Waals surface area contributed by atoms with Crippen LogP contribution in [0, 0.1) is 0 Å². The number of benzene rings is 1. The van der Waals surface area contributed by atoms with Gasteiger partial charge in [-0.2, -0.15) is 0 Å². The minimum Gasteiger partial charge on any atom is -0.508 e. The summed E-state index contributed by atoms with van der Waals surface area (Å²) in [6, 6.07) is 6.76. The highest BCUT2D eigenvalue weighted by Crippen LogP contribution is 2.20. The summed E-state index contributed by atoms with van der Waals surface area (Å²) in [5.74, 6) is 0.534. The number of carbonyl (C=O) groups is 1. The summed E-state index contributed by atoms with van der Waals surface area (Å²) < 4.78 is 0. The predicted molar refractivity (Wildman–Crippen MR) is 70.1 cm³/mol. The standard InChI is InChI=1S/C12H18N2O2S/c1-12(2,13)8-14-11(16)7-17-10-5-3-9(15)4-6-10/h3-6,15H,7-8,13H2,1-2H3,(H,14,16). The van der Waals surface area contributed by atoms with Gasteiger partial charge >= 0.3 is 0 Å². The maximum Gasteiger partial charge on any atom is 0.230 e. The lowest BCUT2D eigenvalue weighted by Gasteiger charge is -2.18. The molecular weight excluding hydrogens is 236 g/mol. The number of aromatic hydroxyl groups is 1. The third-order valence-corrected chi connectivity index (χ3v) is 2.96. The molecule has 0 spiro atoms. The number of phenolic OH excluding ortho intramolecular Hbond substituents is 1. The van der Waals surface area contributed by atoms with Crippen LogP contribution in [0.25, 0.3) is 0 Å². The summed E-state index contributed by atoms with van der Waals surface area (Å²) in [4.78, 5) is 12.4. The number of hydrogen-bond acceptors (Lipinski definition) is 4.